The summed E-state index contributed by atoms with van der Waals surface area (Å²) >= 11 is 0. The molecule has 0 radical (unpaired) electrons. The van der Waals surface area contributed by atoms with Crippen LogP contribution < -0.4 is 0 Å². The van der Waals surface area contributed by atoms with Crippen LogP contribution in [0.2, 0.25) is 0 Å². The average Bonchev–Trinajstić information content (AvgIpc) is 1.79. The van der Waals surface area contributed by atoms with Gasteiger partial charge in [-0.1, -0.05) is 0 Å². The predicted molar refractivity (Wildman–Crippen MR) is 29.3 cm³/mol. The summed E-state index contributed by atoms with van der Waals surface area (Å²) in [6, 6.07) is 0. The van der Waals surface area contributed by atoms with Gasteiger partial charge < -0.3 is 0 Å². The summed E-state index contributed by atoms with van der Waals surface area (Å²) in [5.41, 5.74) is 0. The van der Waals surface area contributed by atoms with Gasteiger partial charge in [0.2, 0.25) is 0 Å². The molecule has 0 aliphatic carbocycles. The average molecular weight is 172 g/mol. The van der Waals surface area contributed by atoms with Crippen LogP contribution in [0.3, 0.4) is 0 Å². The van der Waals surface area contributed by atoms with E-state index in [9.17, 15) is 17.2 Å². The van der Waals surface area contributed by atoms with Crippen molar-refractivity contribution in [3.05, 3.63) is 0 Å². The Hall–Kier alpha value is -0.230. The first kappa shape index (κ1) is 7.87. The first-order chi connectivity index (χ1) is 4.41. The van der Waals surface area contributed by atoms with E-state index < -0.39 is 34.8 Å². The van der Waals surface area contributed by atoms with Gasteiger partial charge in [0, 0.05) is 6.42 Å². The minimum absolute atomic E-state index is 0.583. The molecule has 10 heavy (non-hydrogen) atoms. The minimum atomic E-state index is -3.63. The van der Waals surface area contributed by atoms with Crippen molar-refractivity contribution in [3.8, 4) is 0 Å². The van der Waals surface area contributed by atoms with Crippen LogP contribution in [0.15, 0.2) is 0 Å². The maximum absolute atomic E-state index is 12.2. The molecule has 0 unspecified atom stereocenters. The largest absolute Gasteiger partial charge is 0.273 e. The van der Waals surface area contributed by atoms with Gasteiger partial charge in [0.05, 0.1) is 5.75 Å². The van der Waals surface area contributed by atoms with Gasteiger partial charge in [-0.05, 0) is 0 Å². The SMILES string of the molecule is O=S1(=O)CCC(F)(F)CO1. The summed E-state index contributed by atoms with van der Waals surface area (Å²) in [6.45, 7) is -1.00. The van der Waals surface area contributed by atoms with E-state index in [2.05, 4.69) is 4.18 Å². The molecule has 1 saturated heterocycles. The molecular weight excluding hydrogens is 166 g/mol. The predicted octanol–water partition coefficient (Wildman–Crippen LogP) is 0.372. The zero-order valence-corrected chi connectivity index (χ0v) is 5.83. The summed E-state index contributed by atoms with van der Waals surface area (Å²) < 4.78 is 49.0. The highest BCUT2D eigenvalue weighted by molar-refractivity contribution is 7.86. The molecule has 1 fully saturated rings. The van der Waals surface area contributed by atoms with Crippen LogP contribution in [0.4, 0.5) is 8.78 Å². The molecular formula is C4H6F2O3S. The monoisotopic (exact) mass is 172 g/mol. The van der Waals surface area contributed by atoms with Crippen LogP contribution >= 0.6 is 0 Å². The van der Waals surface area contributed by atoms with Gasteiger partial charge in [-0.2, -0.15) is 8.42 Å². The van der Waals surface area contributed by atoms with Crippen molar-refractivity contribution in [2.24, 2.45) is 0 Å². The summed E-state index contributed by atoms with van der Waals surface area (Å²) in [4.78, 5) is 0. The lowest BCUT2D eigenvalue weighted by molar-refractivity contribution is -0.0509. The lowest BCUT2D eigenvalue weighted by atomic mass is 10.3. The number of hydrogen-bond acceptors (Lipinski definition) is 3. The first-order valence-electron chi connectivity index (χ1n) is 2.66. The normalized spacial score (nSPS) is 29.8. The molecule has 60 valence electrons. The van der Waals surface area contributed by atoms with Gasteiger partial charge in [0.25, 0.3) is 16.0 Å². The van der Waals surface area contributed by atoms with E-state index in [4.69, 9.17) is 0 Å². The van der Waals surface area contributed by atoms with Crippen LogP contribution in [0.1, 0.15) is 6.42 Å². The van der Waals surface area contributed by atoms with E-state index in [0.717, 1.165) is 0 Å². The molecule has 0 aromatic rings. The fourth-order valence-corrected chi connectivity index (χ4v) is 1.60. The number of alkyl halides is 2. The van der Waals surface area contributed by atoms with E-state index >= 15 is 0 Å². The Morgan fingerprint density at radius 1 is 1.40 bits per heavy atom. The van der Waals surface area contributed by atoms with Crippen molar-refractivity contribution in [1.82, 2.24) is 0 Å². The van der Waals surface area contributed by atoms with Crippen molar-refractivity contribution in [2.75, 3.05) is 12.4 Å². The zero-order valence-electron chi connectivity index (χ0n) is 5.01. The molecule has 1 aliphatic rings. The molecule has 1 aliphatic heterocycles. The molecule has 0 spiro atoms. The molecule has 0 N–H and O–H groups in total. The molecule has 0 amide bonds. The molecule has 1 rings (SSSR count). The molecule has 6 heteroatoms. The molecule has 0 aromatic carbocycles. The van der Waals surface area contributed by atoms with Gasteiger partial charge in [0.1, 0.15) is 6.61 Å². The second kappa shape index (κ2) is 2.13. The topological polar surface area (TPSA) is 43.4 Å². The Bertz CT molecular complexity index is 205. The fourth-order valence-electron chi connectivity index (χ4n) is 0.581. The Kier molecular flexibility index (Phi) is 1.68. The van der Waals surface area contributed by atoms with E-state index in [1.807, 2.05) is 0 Å². The standard InChI is InChI=1S/C4H6F2O3S/c5-4(6)1-2-10(7,8)9-3-4/h1-3H2. The van der Waals surface area contributed by atoms with Crippen LogP contribution in [0.25, 0.3) is 0 Å². The smallest absolute Gasteiger partial charge is 0.264 e. The number of hydrogen-bond donors (Lipinski definition) is 0. The maximum atomic E-state index is 12.2. The minimum Gasteiger partial charge on any atom is -0.264 e. The zero-order chi connectivity index (χ0) is 7.83. The second-order valence-corrected chi connectivity index (χ2v) is 3.89. The van der Waals surface area contributed by atoms with Crippen molar-refractivity contribution in [1.29, 1.82) is 0 Å². The molecule has 0 saturated carbocycles. The summed E-state index contributed by atoms with van der Waals surface area (Å²) in [5.74, 6) is -3.55. The lowest BCUT2D eigenvalue weighted by Gasteiger charge is -2.20. The van der Waals surface area contributed by atoms with E-state index in [1.165, 1.54) is 0 Å². The molecule has 1 heterocycles. The lowest BCUT2D eigenvalue weighted by Crippen LogP contribution is -2.34. The third kappa shape index (κ3) is 1.88. The first-order valence-corrected chi connectivity index (χ1v) is 4.24. The quantitative estimate of drug-likeness (QED) is 0.496. The van der Waals surface area contributed by atoms with Gasteiger partial charge in [-0.25, -0.2) is 8.78 Å². The van der Waals surface area contributed by atoms with Crippen LogP contribution in [-0.2, 0) is 14.3 Å². The Balaban J connectivity index is 2.63. The molecule has 0 atom stereocenters. The van der Waals surface area contributed by atoms with E-state index in [1.54, 1.807) is 0 Å². The number of halogens is 2. The van der Waals surface area contributed by atoms with E-state index in [-0.39, 0.29) is 0 Å². The summed E-state index contributed by atoms with van der Waals surface area (Å²) in [5, 5.41) is 0. The summed E-state index contributed by atoms with van der Waals surface area (Å²) in [7, 11) is -3.63. The molecule has 0 bridgehead atoms. The highest BCUT2D eigenvalue weighted by Gasteiger charge is 2.38. The second-order valence-electron chi connectivity index (χ2n) is 2.13. The summed E-state index contributed by atoms with van der Waals surface area (Å²) in [6.07, 6.45) is -0.630. The van der Waals surface area contributed by atoms with Gasteiger partial charge in [-0.3, -0.25) is 4.18 Å². The third-order valence-electron chi connectivity index (χ3n) is 1.17. The van der Waals surface area contributed by atoms with Crippen LogP contribution in [0.5, 0.6) is 0 Å². The van der Waals surface area contributed by atoms with Crippen molar-refractivity contribution < 1.29 is 21.4 Å². The Morgan fingerprint density at radius 3 is 2.30 bits per heavy atom. The van der Waals surface area contributed by atoms with Gasteiger partial charge in [0.15, 0.2) is 0 Å². The fraction of sp³-hybridized carbons (Fsp3) is 1.00. The highest BCUT2D eigenvalue weighted by Crippen LogP contribution is 2.25. The molecule has 3 nitrogen and oxygen atoms in total. The Morgan fingerprint density at radius 2 is 2.00 bits per heavy atom. The highest BCUT2D eigenvalue weighted by atomic mass is 32.2. The van der Waals surface area contributed by atoms with Crippen molar-refractivity contribution in [3.63, 3.8) is 0 Å². The van der Waals surface area contributed by atoms with Crippen LogP contribution in [-0.4, -0.2) is 26.7 Å². The molecule has 0 aromatic heterocycles. The maximum Gasteiger partial charge on any atom is 0.273 e. The van der Waals surface area contributed by atoms with Crippen LogP contribution in [0, 0.1) is 0 Å². The van der Waals surface area contributed by atoms with Crippen molar-refractivity contribution in [2.45, 2.75) is 12.3 Å². The van der Waals surface area contributed by atoms with Gasteiger partial charge >= 0.3 is 0 Å². The van der Waals surface area contributed by atoms with Crippen molar-refractivity contribution >= 4 is 10.1 Å². The van der Waals surface area contributed by atoms with Gasteiger partial charge in [-0.15, -0.1) is 0 Å². The third-order valence-corrected chi connectivity index (χ3v) is 2.35. The number of rotatable bonds is 0. The Labute approximate surface area is 57.1 Å². The van der Waals surface area contributed by atoms with E-state index in [0.29, 0.717) is 0 Å².